The number of hydrogen-bond donors (Lipinski definition) is 1. The van der Waals surface area contributed by atoms with Gasteiger partial charge in [-0.25, -0.2) is 13.6 Å². The first-order chi connectivity index (χ1) is 6.97. The number of carbonyl (C=O) groups is 1. The van der Waals surface area contributed by atoms with Crippen molar-refractivity contribution in [3.63, 3.8) is 0 Å². The average molecular weight is 211 g/mol. The van der Waals surface area contributed by atoms with Crippen molar-refractivity contribution in [1.82, 2.24) is 0 Å². The highest BCUT2D eigenvalue weighted by atomic mass is 19.3. The Morgan fingerprint density at radius 3 is 2.53 bits per heavy atom. The van der Waals surface area contributed by atoms with Gasteiger partial charge in [-0.05, 0) is 24.6 Å². The van der Waals surface area contributed by atoms with Gasteiger partial charge >= 0.3 is 5.97 Å². The predicted octanol–water partition coefficient (Wildman–Crippen LogP) is 2.50. The lowest BCUT2D eigenvalue weighted by Crippen LogP contribution is -2.04. The van der Waals surface area contributed by atoms with Gasteiger partial charge in [0.25, 0.3) is 6.43 Å². The van der Waals surface area contributed by atoms with Crippen molar-refractivity contribution < 1.29 is 18.7 Å². The molecule has 1 aromatic rings. The minimum Gasteiger partial charge on any atom is -0.478 e. The summed E-state index contributed by atoms with van der Waals surface area (Å²) in [6, 6.07) is 3.74. The van der Waals surface area contributed by atoms with E-state index in [2.05, 4.69) is 0 Å². The van der Waals surface area contributed by atoms with E-state index in [1.165, 1.54) is 6.92 Å². The summed E-state index contributed by atoms with van der Waals surface area (Å²) in [5.74, 6) is -1.31. The van der Waals surface area contributed by atoms with Crippen LogP contribution < -0.4 is 0 Å². The molecule has 0 atom stereocenters. The molecule has 0 radical (unpaired) electrons. The van der Waals surface area contributed by atoms with Crippen LogP contribution in [0.1, 0.15) is 33.5 Å². The van der Waals surface area contributed by atoms with Crippen molar-refractivity contribution in [3.05, 3.63) is 34.4 Å². The van der Waals surface area contributed by atoms with Gasteiger partial charge in [-0.15, -0.1) is 0 Å². The van der Waals surface area contributed by atoms with Crippen LogP contribution in [0, 0.1) is 18.3 Å². The third-order valence-corrected chi connectivity index (χ3v) is 2.04. The molecule has 0 aliphatic rings. The molecule has 0 heterocycles. The highest BCUT2D eigenvalue weighted by molar-refractivity contribution is 5.90. The lowest BCUT2D eigenvalue weighted by molar-refractivity contribution is 0.0695. The quantitative estimate of drug-likeness (QED) is 0.817. The molecule has 0 unspecified atom stereocenters. The fourth-order valence-corrected chi connectivity index (χ4v) is 1.25. The molecule has 0 aromatic heterocycles. The Morgan fingerprint density at radius 1 is 1.53 bits per heavy atom. The lowest BCUT2D eigenvalue weighted by Gasteiger charge is -2.08. The molecule has 5 heteroatoms. The molecule has 0 amide bonds. The van der Waals surface area contributed by atoms with Gasteiger partial charge in [0.2, 0.25) is 0 Å². The molecule has 0 bridgehead atoms. The number of benzene rings is 1. The smallest absolute Gasteiger partial charge is 0.336 e. The van der Waals surface area contributed by atoms with Crippen LogP contribution in [0.15, 0.2) is 12.1 Å². The van der Waals surface area contributed by atoms with Gasteiger partial charge in [0.05, 0.1) is 17.2 Å². The summed E-state index contributed by atoms with van der Waals surface area (Å²) in [5, 5.41) is 17.3. The fourth-order valence-electron chi connectivity index (χ4n) is 1.25. The van der Waals surface area contributed by atoms with E-state index in [0.717, 1.165) is 12.1 Å². The molecule has 1 rings (SSSR count). The maximum atomic E-state index is 12.5. The normalized spacial score (nSPS) is 10.1. The lowest BCUT2D eigenvalue weighted by atomic mass is 9.99. The van der Waals surface area contributed by atoms with Crippen LogP contribution in [0.3, 0.4) is 0 Å². The summed E-state index contributed by atoms with van der Waals surface area (Å²) >= 11 is 0. The van der Waals surface area contributed by atoms with Crippen LogP contribution in [0.2, 0.25) is 0 Å². The maximum Gasteiger partial charge on any atom is 0.336 e. The van der Waals surface area contributed by atoms with Gasteiger partial charge in [-0.3, -0.25) is 0 Å². The number of alkyl halides is 2. The second-order valence-corrected chi connectivity index (χ2v) is 2.96. The first-order valence-electron chi connectivity index (χ1n) is 4.03. The fraction of sp³-hybridized carbons (Fsp3) is 0.200. The van der Waals surface area contributed by atoms with E-state index in [4.69, 9.17) is 10.4 Å². The number of nitriles is 1. The number of carboxylic acids is 1. The van der Waals surface area contributed by atoms with Crippen LogP contribution in [0.25, 0.3) is 0 Å². The van der Waals surface area contributed by atoms with Crippen LogP contribution in [0.5, 0.6) is 0 Å². The highest BCUT2D eigenvalue weighted by Gasteiger charge is 2.18. The SMILES string of the molecule is Cc1c(C(=O)O)cc(C#N)cc1C(F)F. The average Bonchev–Trinajstić information content (AvgIpc) is 2.17. The molecule has 0 spiro atoms. The van der Waals surface area contributed by atoms with Crippen molar-refractivity contribution in [1.29, 1.82) is 5.26 Å². The first kappa shape index (κ1) is 11.1. The Hall–Kier alpha value is -1.96. The van der Waals surface area contributed by atoms with E-state index in [1.807, 2.05) is 0 Å². The third-order valence-electron chi connectivity index (χ3n) is 2.04. The molecule has 15 heavy (non-hydrogen) atoms. The number of halogens is 2. The zero-order valence-electron chi connectivity index (χ0n) is 7.79. The van der Waals surface area contributed by atoms with Gasteiger partial charge in [0.15, 0.2) is 0 Å². The molecular formula is C10H7F2NO2. The highest BCUT2D eigenvalue weighted by Crippen LogP contribution is 2.26. The van der Waals surface area contributed by atoms with Gasteiger partial charge in [0.1, 0.15) is 0 Å². The van der Waals surface area contributed by atoms with E-state index >= 15 is 0 Å². The molecule has 0 saturated heterocycles. The molecule has 0 aliphatic heterocycles. The summed E-state index contributed by atoms with van der Waals surface area (Å²) in [5.41, 5.74) is -0.749. The van der Waals surface area contributed by atoms with E-state index in [-0.39, 0.29) is 16.7 Å². The zero-order valence-corrected chi connectivity index (χ0v) is 7.79. The van der Waals surface area contributed by atoms with Gasteiger partial charge in [-0.1, -0.05) is 0 Å². The predicted molar refractivity (Wildman–Crippen MR) is 47.8 cm³/mol. The van der Waals surface area contributed by atoms with E-state index in [0.29, 0.717) is 0 Å². The number of carboxylic acid groups (broad SMARTS) is 1. The standard InChI is InChI=1S/C10H7F2NO2/c1-5-7(9(11)12)2-6(4-13)3-8(5)10(14)15/h2-3,9H,1H3,(H,14,15). The Morgan fingerprint density at radius 2 is 2.13 bits per heavy atom. The summed E-state index contributed by atoms with van der Waals surface area (Å²) in [7, 11) is 0. The minimum absolute atomic E-state index is 0.00324. The minimum atomic E-state index is -2.78. The van der Waals surface area contributed by atoms with Crippen molar-refractivity contribution >= 4 is 5.97 Å². The third kappa shape index (κ3) is 2.10. The summed E-state index contributed by atoms with van der Waals surface area (Å²) in [4.78, 5) is 10.7. The van der Waals surface area contributed by atoms with Crippen molar-refractivity contribution in [2.24, 2.45) is 0 Å². The molecule has 1 aromatic carbocycles. The van der Waals surface area contributed by atoms with Crippen LogP contribution in [-0.4, -0.2) is 11.1 Å². The number of nitrogens with zero attached hydrogens (tertiary/aromatic N) is 1. The molecule has 0 saturated carbocycles. The zero-order chi connectivity index (χ0) is 11.6. The monoisotopic (exact) mass is 211 g/mol. The second kappa shape index (κ2) is 4.05. The van der Waals surface area contributed by atoms with E-state index in [9.17, 15) is 13.6 Å². The molecule has 0 aliphatic carbocycles. The van der Waals surface area contributed by atoms with Crippen LogP contribution >= 0.6 is 0 Å². The van der Waals surface area contributed by atoms with Crippen molar-refractivity contribution in [3.8, 4) is 6.07 Å². The topological polar surface area (TPSA) is 61.1 Å². The number of rotatable bonds is 2. The molecule has 0 fully saturated rings. The van der Waals surface area contributed by atoms with Crippen LogP contribution in [-0.2, 0) is 0 Å². The Kier molecular flexibility index (Phi) is 3.00. The van der Waals surface area contributed by atoms with Crippen molar-refractivity contribution in [2.45, 2.75) is 13.3 Å². The number of hydrogen-bond acceptors (Lipinski definition) is 2. The van der Waals surface area contributed by atoms with Gasteiger partial charge in [-0.2, -0.15) is 5.26 Å². The van der Waals surface area contributed by atoms with Crippen LogP contribution in [0.4, 0.5) is 8.78 Å². The largest absolute Gasteiger partial charge is 0.478 e. The Bertz CT molecular complexity index is 449. The summed E-state index contributed by atoms with van der Waals surface area (Å²) in [6.45, 7) is 1.30. The maximum absolute atomic E-state index is 12.5. The van der Waals surface area contributed by atoms with Gasteiger partial charge in [0, 0.05) is 5.56 Å². The molecule has 1 N–H and O–H groups in total. The van der Waals surface area contributed by atoms with E-state index < -0.39 is 18.0 Å². The van der Waals surface area contributed by atoms with Gasteiger partial charge < -0.3 is 5.11 Å². The Labute approximate surface area is 84.6 Å². The van der Waals surface area contributed by atoms with Crippen molar-refractivity contribution in [2.75, 3.05) is 0 Å². The summed E-state index contributed by atoms with van der Waals surface area (Å²) in [6.07, 6.45) is -2.78. The summed E-state index contributed by atoms with van der Waals surface area (Å²) < 4.78 is 25.0. The second-order valence-electron chi connectivity index (χ2n) is 2.96. The first-order valence-corrected chi connectivity index (χ1v) is 4.03. The Balaban J connectivity index is 3.49. The molecule has 78 valence electrons. The molecular weight excluding hydrogens is 204 g/mol. The van der Waals surface area contributed by atoms with E-state index in [1.54, 1.807) is 6.07 Å². The molecule has 3 nitrogen and oxygen atoms in total. The number of aromatic carboxylic acids is 1.